The highest BCUT2D eigenvalue weighted by molar-refractivity contribution is 5.99. The molecule has 0 saturated carbocycles. The topological polar surface area (TPSA) is 181 Å². The van der Waals surface area contributed by atoms with Crippen LogP contribution in [0.4, 0.5) is 5.82 Å². The van der Waals surface area contributed by atoms with Gasteiger partial charge in [-0.1, -0.05) is 38.1 Å². The van der Waals surface area contributed by atoms with E-state index < -0.39 is 23.2 Å². The van der Waals surface area contributed by atoms with Crippen LogP contribution in [-0.4, -0.2) is 63.3 Å². The number of carbonyl (C=O) groups excluding carboxylic acids is 2. The first-order valence-electron chi connectivity index (χ1n) is 15.6. The van der Waals surface area contributed by atoms with Crippen molar-refractivity contribution in [2.45, 2.75) is 52.5 Å². The zero-order chi connectivity index (χ0) is 33.7. The molecule has 4 aromatic heterocycles. The van der Waals surface area contributed by atoms with Gasteiger partial charge in [-0.25, -0.2) is 18.9 Å². The number of nitrogens with zero attached hydrogens (tertiary/aromatic N) is 8. The highest BCUT2D eigenvalue weighted by Crippen LogP contribution is 2.37. The number of aryl methyl sites for hydroxylation is 1. The van der Waals surface area contributed by atoms with Crippen LogP contribution in [0.15, 0.2) is 58.5 Å². The smallest absolute Gasteiger partial charge is 0.337 e. The molecule has 1 fully saturated rings. The lowest BCUT2D eigenvalue weighted by Gasteiger charge is -2.33. The van der Waals surface area contributed by atoms with E-state index in [2.05, 4.69) is 21.2 Å². The van der Waals surface area contributed by atoms with Gasteiger partial charge in [0.05, 0.1) is 5.69 Å². The molecule has 1 aliphatic heterocycles. The van der Waals surface area contributed by atoms with Gasteiger partial charge in [0.15, 0.2) is 11.6 Å². The molecule has 0 atom stereocenters. The van der Waals surface area contributed by atoms with Crippen LogP contribution < -0.4 is 22.7 Å². The van der Waals surface area contributed by atoms with Crippen molar-refractivity contribution in [3.63, 3.8) is 0 Å². The fourth-order valence-electron chi connectivity index (χ4n) is 6.50. The van der Waals surface area contributed by atoms with Crippen LogP contribution >= 0.6 is 0 Å². The summed E-state index contributed by atoms with van der Waals surface area (Å²) in [5.74, 6) is -0.273. The molecule has 6 rings (SSSR count). The zero-order valence-corrected chi connectivity index (χ0v) is 27.0. The number of nitrogens with two attached hydrogens (primary N) is 2. The number of fused-ring (bicyclic) bond motifs is 1. The summed E-state index contributed by atoms with van der Waals surface area (Å²) >= 11 is 0. The number of aromatic nitrogens is 7. The normalized spacial score (nSPS) is 14.1. The second kappa shape index (κ2) is 12.0. The van der Waals surface area contributed by atoms with E-state index in [-0.39, 0.29) is 34.8 Å². The van der Waals surface area contributed by atoms with Gasteiger partial charge in [0.1, 0.15) is 17.4 Å². The maximum absolute atomic E-state index is 13.8. The second-order valence-corrected chi connectivity index (χ2v) is 12.5. The minimum absolute atomic E-state index is 0.0464. The lowest BCUT2D eigenvalue weighted by molar-refractivity contribution is -0.135. The van der Waals surface area contributed by atoms with E-state index in [1.807, 2.05) is 35.4 Å². The van der Waals surface area contributed by atoms with Gasteiger partial charge in [0.25, 0.3) is 11.5 Å². The Bertz CT molecular complexity index is 2130. The van der Waals surface area contributed by atoms with Crippen molar-refractivity contribution in [1.82, 2.24) is 38.4 Å². The minimum atomic E-state index is -0.956. The number of anilines is 1. The molecule has 1 aromatic carbocycles. The number of primary amides is 1. The van der Waals surface area contributed by atoms with Crippen LogP contribution in [0.25, 0.3) is 33.7 Å². The maximum atomic E-state index is 13.8. The van der Waals surface area contributed by atoms with E-state index in [0.717, 1.165) is 34.2 Å². The second-order valence-electron chi connectivity index (χ2n) is 12.5. The van der Waals surface area contributed by atoms with Crippen molar-refractivity contribution in [3.8, 4) is 28.2 Å². The van der Waals surface area contributed by atoms with E-state index in [4.69, 9.17) is 11.5 Å². The standard InChI is InChI=1S/C33H38N10O4/c1-18(2)31(45)40-14-10-21(11-15-40)24-16-23(28-29(34)36-17-37-43(24)28)20-6-8-22(9-7-20)27-26(30(35)44)32(46)42(25-12-13-39(5)38-25)33(47)41(27)19(3)4/h6-9,12-13,16-19,21H,10-11,14-15H2,1-5H3,(H2,35,44)(H2,34,36,37). The first-order valence-corrected chi connectivity index (χ1v) is 15.6. The number of nitrogen functional groups attached to an aromatic ring is 1. The molecule has 0 bridgehead atoms. The minimum Gasteiger partial charge on any atom is -0.382 e. The number of benzene rings is 1. The van der Waals surface area contributed by atoms with Gasteiger partial charge >= 0.3 is 5.69 Å². The molecule has 0 unspecified atom stereocenters. The van der Waals surface area contributed by atoms with Gasteiger partial charge < -0.3 is 16.4 Å². The Kier molecular flexibility index (Phi) is 8.03. The Morgan fingerprint density at radius 3 is 2.21 bits per heavy atom. The van der Waals surface area contributed by atoms with Crippen LogP contribution in [0.1, 0.15) is 68.5 Å². The Morgan fingerprint density at radius 2 is 1.64 bits per heavy atom. The van der Waals surface area contributed by atoms with Gasteiger partial charge in [-0.3, -0.25) is 23.6 Å². The highest BCUT2D eigenvalue weighted by Gasteiger charge is 2.30. The number of hydrogen-bond acceptors (Lipinski definition) is 8. The van der Waals surface area contributed by atoms with E-state index in [9.17, 15) is 19.2 Å². The van der Waals surface area contributed by atoms with Gasteiger partial charge in [-0.15, -0.1) is 0 Å². The van der Waals surface area contributed by atoms with Gasteiger partial charge in [0.2, 0.25) is 5.91 Å². The van der Waals surface area contributed by atoms with Crippen molar-refractivity contribution in [1.29, 1.82) is 0 Å². The highest BCUT2D eigenvalue weighted by atomic mass is 16.2. The third-order valence-electron chi connectivity index (χ3n) is 8.78. The molecule has 244 valence electrons. The summed E-state index contributed by atoms with van der Waals surface area (Å²) in [4.78, 5) is 59.0. The number of rotatable bonds is 7. The molecule has 0 radical (unpaired) electrons. The Morgan fingerprint density at radius 1 is 0.979 bits per heavy atom. The van der Waals surface area contributed by atoms with Crippen molar-refractivity contribution < 1.29 is 9.59 Å². The molecule has 5 heterocycles. The average Bonchev–Trinajstić information content (AvgIpc) is 3.64. The van der Waals surface area contributed by atoms with Crippen molar-refractivity contribution in [2.24, 2.45) is 18.7 Å². The van der Waals surface area contributed by atoms with Crippen molar-refractivity contribution in [3.05, 3.63) is 81.0 Å². The first-order chi connectivity index (χ1) is 22.4. The summed E-state index contributed by atoms with van der Waals surface area (Å²) in [6.45, 7) is 8.74. The zero-order valence-electron chi connectivity index (χ0n) is 27.0. The Labute approximate surface area is 270 Å². The third-order valence-corrected chi connectivity index (χ3v) is 8.78. The number of amides is 2. The lowest BCUT2D eigenvalue weighted by Crippen LogP contribution is -2.44. The molecular weight excluding hydrogens is 600 g/mol. The molecule has 47 heavy (non-hydrogen) atoms. The molecule has 4 N–H and O–H groups in total. The molecule has 2 amide bonds. The first kappa shape index (κ1) is 31.5. The molecule has 5 aromatic rings. The fraction of sp³-hybridized carbons (Fsp3) is 0.364. The fourth-order valence-corrected chi connectivity index (χ4v) is 6.50. The third kappa shape index (κ3) is 5.38. The van der Waals surface area contributed by atoms with Crippen molar-refractivity contribution in [2.75, 3.05) is 18.8 Å². The van der Waals surface area contributed by atoms with E-state index in [0.29, 0.717) is 30.0 Å². The monoisotopic (exact) mass is 638 g/mol. The Hall–Kier alpha value is -5.53. The summed E-state index contributed by atoms with van der Waals surface area (Å²) in [6.07, 6.45) is 4.61. The van der Waals surface area contributed by atoms with Crippen LogP contribution in [0.5, 0.6) is 0 Å². The van der Waals surface area contributed by atoms with Crippen LogP contribution in [0, 0.1) is 5.92 Å². The van der Waals surface area contributed by atoms with Crippen LogP contribution in [0.3, 0.4) is 0 Å². The summed E-state index contributed by atoms with van der Waals surface area (Å²) in [6, 6.07) is 10.3. The largest absolute Gasteiger partial charge is 0.382 e. The molecular formula is C33H38N10O4. The summed E-state index contributed by atoms with van der Waals surface area (Å²) < 4.78 is 5.55. The number of likely N-dealkylation sites (tertiary alicyclic amines) is 1. The summed E-state index contributed by atoms with van der Waals surface area (Å²) in [5, 5.41) is 8.75. The van der Waals surface area contributed by atoms with Crippen molar-refractivity contribution >= 4 is 23.1 Å². The molecule has 0 spiro atoms. The van der Waals surface area contributed by atoms with E-state index in [1.54, 1.807) is 39.2 Å². The predicted molar refractivity (Wildman–Crippen MR) is 177 cm³/mol. The van der Waals surface area contributed by atoms with Gasteiger partial charge in [-0.2, -0.15) is 10.2 Å². The SMILES string of the molecule is CC(C)C(=O)N1CCC(c2cc(-c3ccc(-c4c(C(N)=O)c(=O)n(-c5ccn(C)n5)c(=O)n4C(C)C)cc3)c3c(N)ncnn23)CC1. The van der Waals surface area contributed by atoms with Crippen LogP contribution in [0.2, 0.25) is 0 Å². The quantitative estimate of drug-likeness (QED) is 0.273. The molecule has 14 nitrogen and oxygen atoms in total. The van der Waals surface area contributed by atoms with E-state index in [1.165, 1.54) is 21.6 Å². The van der Waals surface area contributed by atoms with E-state index >= 15 is 0 Å². The number of hydrogen-bond donors (Lipinski definition) is 2. The lowest BCUT2D eigenvalue weighted by atomic mass is 9.92. The van der Waals surface area contributed by atoms with Crippen LogP contribution in [-0.2, 0) is 11.8 Å². The number of piperidine rings is 1. The molecule has 14 heteroatoms. The molecule has 1 saturated heterocycles. The average molecular weight is 639 g/mol. The number of carbonyl (C=O) groups is 2. The molecule has 1 aliphatic rings. The maximum Gasteiger partial charge on any atom is 0.337 e. The van der Waals surface area contributed by atoms with Gasteiger partial charge in [0, 0.05) is 61.5 Å². The molecule has 0 aliphatic carbocycles. The van der Waals surface area contributed by atoms with Gasteiger partial charge in [-0.05, 0) is 43.9 Å². The Balaban J connectivity index is 1.44. The summed E-state index contributed by atoms with van der Waals surface area (Å²) in [5.41, 5.74) is 14.2. The predicted octanol–water partition coefficient (Wildman–Crippen LogP) is 2.73. The summed E-state index contributed by atoms with van der Waals surface area (Å²) in [7, 11) is 1.66.